The van der Waals surface area contributed by atoms with E-state index < -0.39 is 0 Å². The molecule has 0 bridgehead atoms. The monoisotopic (exact) mass is 390 g/mol. The number of furan rings is 1. The molecule has 4 aromatic rings. The Hall–Kier alpha value is -2.92. The van der Waals surface area contributed by atoms with Gasteiger partial charge in [-0.2, -0.15) is 0 Å². The van der Waals surface area contributed by atoms with E-state index >= 15 is 0 Å². The Kier molecular flexibility index (Phi) is 4.77. The SMILES string of the molecule is Cc1ccc(C(=O)N(Cc2ccco2)c2nc3cc(C)cc(C)c3s2)c(C)c1. The van der Waals surface area contributed by atoms with E-state index in [1.54, 1.807) is 22.5 Å². The van der Waals surface area contributed by atoms with Gasteiger partial charge in [-0.3, -0.25) is 9.69 Å². The van der Waals surface area contributed by atoms with E-state index in [9.17, 15) is 4.79 Å². The average molecular weight is 391 g/mol. The van der Waals surface area contributed by atoms with Crippen molar-refractivity contribution in [1.29, 1.82) is 0 Å². The van der Waals surface area contributed by atoms with Crippen LogP contribution < -0.4 is 4.90 Å². The summed E-state index contributed by atoms with van der Waals surface area (Å²) in [5.41, 5.74) is 6.05. The summed E-state index contributed by atoms with van der Waals surface area (Å²) >= 11 is 1.55. The van der Waals surface area contributed by atoms with Gasteiger partial charge in [-0.25, -0.2) is 4.98 Å². The molecule has 0 radical (unpaired) electrons. The number of aromatic nitrogens is 1. The molecule has 2 aromatic carbocycles. The van der Waals surface area contributed by atoms with E-state index in [2.05, 4.69) is 26.0 Å². The number of benzene rings is 2. The highest BCUT2D eigenvalue weighted by atomic mass is 32.1. The fraction of sp³-hybridized carbons (Fsp3) is 0.217. The van der Waals surface area contributed by atoms with Gasteiger partial charge in [0.1, 0.15) is 5.76 Å². The van der Waals surface area contributed by atoms with E-state index in [-0.39, 0.29) is 5.91 Å². The number of carbonyl (C=O) groups is 1. The summed E-state index contributed by atoms with van der Waals surface area (Å²) in [4.78, 5) is 20.0. The van der Waals surface area contributed by atoms with Crippen LogP contribution in [0.15, 0.2) is 53.1 Å². The van der Waals surface area contributed by atoms with Crippen LogP contribution in [-0.4, -0.2) is 10.9 Å². The molecule has 1 amide bonds. The largest absolute Gasteiger partial charge is 0.467 e. The van der Waals surface area contributed by atoms with Crippen LogP contribution in [0.3, 0.4) is 0 Å². The predicted molar refractivity (Wildman–Crippen MR) is 114 cm³/mol. The fourth-order valence-electron chi connectivity index (χ4n) is 3.46. The van der Waals surface area contributed by atoms with Gasteiger partial charge in [-0.15, -0.1) is 0 Å². The predicted octanol–water partition coefficient (Wildman–Crippen LogP) is 5.97. The number of aryl methyl sites for hydroxylation is 4. The van der Waals surface area contributed by atoms with E-state index in [0.717, 1.165) is 27.1 Å². The van der Waals surface area contributed by atoms with Gasteiger partial charge < -0.3 is 4.42 Å². The number of anilines is 1. The van der Waals surface area contributed by atoms with E-state index in [0.29, 0.717) is 17.2 Å². The minimum atomic E-state index is -0.0673. The number of hydrogen-bond acceptors (Lipinski definition) is 4. The van der Waals surface area contributed by atoms with Crippen LogP contribution >= 0.6 is 11.3 Å². The highest BCUT2D eigenvalue weighted by molar-refractivity contribution is 7.22. The number of nitrogens with zero attached hydrogens (tertiary/aromatic N) is 2. The second-order valence-electron chi connectivity index (χ2n) is 7.22. The van der Waals surface area contributed by atoms with Gasteiger partial charge >= 0.3 is 0 Å². The first-order valence-electron chi connectivity index (χ1n) is 9.21. The van der Waals surface area contributed by atoms with Crippen LogP contribution in [0, 0.1) is 27.7 Å². The van der Waals surface area contributed by atoms with Crippen LogP contribution in [0.5, 0.6) is 0 Å². The van der Waals surface area contributed by atoms with Crippen LogP contribution in [0.25, 0.3) is 10.2 Å². The summed E-state index contributed by atoms with van der Waals surface area (Å²) in [5.74, 6) is 0.660. The topological polar surface area (TPSA) is 46.3 Å². The Bertz CT molecular complexity index is 1160. The van der Waals surface area contributed by atoms with Crippen LogP contribution in [-0.2, 0) is 6.54 Å². The van der Waals surface area contributed by atoms with Gasteiger partial charge in [0, 0.05) is 5.56 Å². The quantitative estimate of drug-likeness (QED) is 0.431. The molecule has 4 nitrogen and oxygen atoms in total. The van der Waals surface area contributed by atoms with Crippen molar-refractivity contribution < 1.29 is 9.21 Å². The van der Waals surface area contributed by atoms with Gasteiger partial charge in [0.15, 0.2) is 5.13 Å². The number of fused-ring (bicyclic) bond motifs is 1. The minimum Gasteiger partial charge on any atom is -0.467 e. The van der Waals surface area contributed by atoms with Crippen molar-refractivity contribution in [3.63, 3.8) is 0 Å². The molecule has 142 valence electrons. The van der Waals surface area contributed by atoms with E-state index in [4.69, 9.17) is 9.40 Å². The third kappa shape index (κ3) is 3.45. The van der Waals surface area contributed by atoms with E-state index in [1.165, 1.54) is 11.1 Å². The lowest BCUT2D eigenvalue weighted by Crippen LogP contribution is -2.30. The zero-order valence-corrected chi connectivity index (χ0v) is 17.3. The molecule has 2 aromatic heterocycles. The van der Waals surface area contributed by atoms with Gasteiger partial charge in [0.25, 0.3) is 5.91 Å². The van der Waals surface area contributed by atoms with Crippen molar-refractivity contribution in [2.45, 2.75) is 34.2 Å². The minimum absolute atomic E-state index is 0.0673. The zero-order valence-electron chi connectivity index (χ0n) is 16.4. The maximum absolute atomic E-state index is 13.5. The number of rotatable bonds is 4. The molecule has 28 heavy (non-hydrogen) atoms. The molecule has 2 heterocycles. The van der Waals surface area contributed by atoms with Crippen molar-refractivity contribution in [3.05, 3.63) is 82.3 Å². The molecule has 0 aliphatic heterocycles. The molecule has 0 saturated heterocycles. The molecule has 0 fully saturated rings. The molecule has 0 aliphatic rings. The molecule has 0 N–H and O–H groups in total. The first-order valence-corrected chi connectivity index (χ1v) is 10.0. The van der Waals surface area contributed by atoms with Crippen LogP contribution in [0.1, 0.15) is 38.4 Å². The smallest absolute Gasteiger partial charge is 0.260 e. The fourth-order valence-corrected chi connectivity index (χ4v) is 4.48. The molecule has 0 aliphatic carbocycles. The summed E-state index contributed by atoms with van der Waals surface area (Å²) in [5, 5.41) is 0.685. The highest BCUT2D eigenvalue weighted by Crippen LogP contribution is 2.34. The van der Waals surface area contributed by atoms with Gasteiger partial charge in [0.2, 0.25) is 0 Å². The summed E-state index contributed by atoms with van der Waals surface area (Å²) in [6.45, 7) is 8.49. The normalized spacial score (nSPS) is 11.1. The number of hydrogen-bond donors (Lipinski definition) is 0. The summed E-state index contributed by atoms with van der Waals surface area (Å²) in [6, 6.07) is 13.8. The van der Waals surface area contributed by atoms with Gasteiger partial charge in [-0.05, 0) is 68.7 Å². The van der Waals surface area contributed by atoms with E-state index in [1.807, 2.05) is 44.2 Å². The molecular weight excluding hydrogens is 368 g/mol. The van der Waals surface area contributed by atoms with Crippen LogP contribution in [0.2, 0.25) is 0 Å². The second-order valence-corrected chi connectivity index (χ2v) is 8.19. The molecule has 0 spiro atoms. The maximum atomic E-state index is 13.5. The first kappa shape index (κ1) is 18.4. The Balaban J connectivity index is 1.81. The zero-order chi connectivity index (χ0) is 19.8. The maximum Gasteiger partial charge on any atom is 0.260 e. The lowest BCUT2D eigenvalue weighted by Gasteiger charge is -2.20. The van der Waals surface area contributed by atoms with Crippen molar-refractivity contribution in [2.24, 2.45) is 0 Å². The molecule has 0 atom stereocenters. The van der Waals surface area contributed by atoms with Crippen molar-refractivity contribution in [2.75, 3.05) is 4.90 Å². The van der Waals surface area contributed by atoms with Gasteiger partial charge in [-0.1, -0.05) is 35.1 Å². The number of carbonyl (C=O) groups excluding carboxylic acids is 1. The highest BCUT2D eigenvalue weighted by Gasteiger charge is 2.24. The van der Waals surface area contributed by atoms with Crippen molar-refractivity contribution >= 4 is 32.6 Å². The lowest BCUT2D eigenvalue weighted by atomic mass is 10.0. The summed E-state index contributed by atoms with van der Waals surface area (Å²) < 4.78 is 6.63. The Morgan fingerprint density at radius 2 is 1.82 bits per heavy atom. The molecule has 0 saturated carbocycles. The number of amides is 1. The molecule has 0 unspecified atom stereocenters. The van der Waals surface area contributed by atoms with Crippen LogP contribution in [0.4, 0.5) is 5.13 Å². The third-order valence-corrected chi connectivity index (χ3v) is 6.02. The molecule has 4 rings (SSSR count). The lowest BCUT2D eigenvalue weighted by molar-refractivity contribution is 0.0982. The van der Waals surface area contributed by atoms with Crippen molar-refractivity contribution in [1.82, 2.24) is 4.98 Å². The summed E-state index contributed by atoms with van der Waals surface area (Å²) in [7, 11) is 0. The third-order valence-electron chi connectivity index (χ3n) is 4.79. The first-order chi connectivity index (χ1) is 13.4. The molecule has 5 heteroatoms. The Labute approximate surface area is 168 Å². The second kappa shape index (κ2) is 7.24. The molecular formula is C23H22N2O2S. The summed E-state index contributed by atoms with van der Waals surface area (Å²) in [6.07, 6.45) is 1.63. The Morgan fingerprint density at radius 3 is 2.54 bits per heavy atom. The average Bonchev–Trinajstić information content (AvgIpc) is 3.28. The standard InChI is InChI=1S/C23H22N2O2S/c1-14-7-8-19(16(3)10-14)22(26)25(13-18-6-5-9-27-18)23-24-20-12-15(2)11-17(4)21(20)28-23/h5-12H,13H2,1-4H3. The Morgan fingerprint density at radius 1 is 1.04 bits per heavy atom. The number of thiazole rings is 1. The van der Waals surface area contributed by atoms with Crippen molar-refractivity contribution in [3.8, 4) is 0 Å². The van der Waals surface area contributed by atoms with Gasteiger partial charge in [0.05, 0.1) is 23.0 Å².